The summed E-state index contributed by atoms with van der Waals surface area (Å²) >= 11 is 0. The second-order valence-corrected chi connectivity index (χ2v) is 12.1. The molecule has 218 valence electrons. The van der Waals surface area contributed by atoms with E-state index in [0.29, 0.717) is 0 Å². The van der Waals surface area contributed by atoms with Gasteiger partial charge in [-0.15, -0.1) is 0 Å². The molecule has 0 atom stereocenters. The molecule has 0 fully saturated rings. The molecule has 10 rings (SSSR count). The molecule has 0 spiro atoms. The van der Waals surface area contributed by atoms with E-state index in [2.05, 4.69) is 152 Å². The second-order valence-electron chi connectivity index (χ2n) is 12.1. The SMILES string of the molecule is c1cc(-c2cccc(-c3cccc4c3oc3ccc5ccccc5c34)c2)cc(-c2cnc3c4ccccc4c4ccccc4c3n2)c1. The van der Waals surface area contributed by atoms with Crippen LogP contribution in [0.3, 0.4) is 0 Å². The van der Waals surface area contributed by atoms with Crippen molar-refractivity contribution in [2.24, 2.45) is 0 Å². The van der Waals surface area contributed by atoms with E-state index in [1.807, 2.05) is 6.20 Å². The standard InChI is InChI=1S/C44H26N2O/c1-2-15-32-27(10-1)22-23-40-41(32)38-21-9-20-33(44(38)47-40)30-13-7-11-28(24-30)29-12-8-14-31(25-29)39-26-45-42-36-18-5-3-16-34(36)35-17-4-6-19-37(35)43(42)46-39/h1-26H. The molecule has 0 bridgehead atoms. The van der Waals surface area contributed by atoms with E-state index in [1.165, 1.54) is 26.9 Å². The van der Waals surface area contributed by atoms with Gasteiger partial charge in [0.1, 0.15) is 11.2 Å². The Hall–Kier alpha value is -6.32. The maximum atomic E-state index is 6.55. The molecule has 8 aromatic carbocycles. The molecule has 0 saturated carbocycles. The third-order valence-corrected chi connectivity index (χ3v) is 9.48. The number of nitrogens with zero attached hydrogens (tertiary/aromatic N) is 2. The summed E-state index contributed by atoms with van der Waals surface area (Å²) in [6, 6.07) is 53.4. The predicted molar refractivity (Wildman–Crippen MR) is 196 cm³/mol. The van der Waals surface area contributed by atoms with Crippen molar-refractivity contribution >= 4 is 65.3 Å². The number of para-hydroxylation sites is 1. The predicted octanol–water partition coefficient (Wildman–Crippen LogP) is 12.0. The van der Waals surface area contributed by atoms with Crippen LogP contribution in [0, 0.1) is 0 Å². The first-order valence-corrected chi connectivity index (χ1v) is 15.9. The fraction of sp³-hybridized carbons (Fsp3) is 0. The summed E-state index contributed by atoms with van der Waals surface area (Å²) in [7, 11) is 0. The minimum Gasteiger partial charge on any atom is -0.455 e. The lowest BCUT2D eigenvalue weighted by Crippen LogP contribution is -1.92. The molecule has 0 aliphatic heterocycles. The molecule has 10 aromatic rings. The smallest absolute Gasteiger partial charge is 0.143 e. The molecule has 47 heavy (non-hydrogen) atoms. The van der Waals surface area contributed by atoms with Crippen LogP contribution >= 0.6 is 0 Å². The van der Waals surface area contributed by atoms with Crippen molar-refractivity contribution in [1.82, 2.24) is 9.97 Å². The molecule has 3 nitrogen and oxygen atoms in total. The van der Waals surface area contributed by atoms with Crippen LogP contribution in [-0.2, 0) is 0 Å². The Morgan fingerprint density at radius 2 is 1.02 bits per heavy atom. The average Bonchev–Trinajstić information content (AvgIpc) is 3.54. The van der Waals surface area contributed by atoms with E-state index in [4.69, 9.17) is 14.4 Å². The number of furan rings is 1. The molecule has 0 aliphatic rings. The van der Waals surface area contributed by atoms with Crippen molar-refractivity contribution in [3.8, 4) is 33.5 Å². The van der Waals surface area contributed by atoms with Gasteiger partial charge in [-0.1, -0.05) is 133 Å². The summed E-state index contributed by atoms with van der Waals surface area (Å²) in [6.45, 7) is 0. The van der Waals surface area contributed by atoms with E-state index in [9.17, 15) is 0 Å². The first-order chi connectivity index (χ1) is 23.3. The molecule has 0 amide bonds. The Kier molecular flexibility index (Phi) is 5.57. The number of fused-ring (bicyclic) bond motifs is 11. The van der Waals surface area contributed by atoms with E-state index in [0.717, 1.165) is 71.9 Å². The fourth-order valence-corrected chi connectivity index (χ4v) is 7.28. The van der Waals surface area contributed by atoms with Crippen molar-refractivity contribution < 1.29 is 4.42 Å². The maximum absolute atomic E-state index is 6.55. The van der Waals surface area contributed by atoms with E-state index >= 15 is 0 Å². The van der Waals surface area contributed by atoms with Gasteiger partial charge in [-0.2, -0.15) is 0 Å². The van der Waals surface area contributed by atoms with Gasteiger partial charge >= 0.3 is 0 Å². The summed E-state index contributed by atoms with van der Waals surface area (Å²) in [5.41, 5.74) is 10.0. The van der Waals surface area contributed by atoms with Crippen LogP contribution in [0.2, 0.25) is 0 Å². The zero-order valence-electron chi connectivity index (χ0n) is 25.3. The molecule has 0 radical (unpaired) electrons. The lowest BCUT2D eigenvalue weighted by Gasteiger charge is -2.11. The van der Waals surface area contributed by atoms with Gasteiger partial charge in [-0.05, 0) is 56.4 Å². The van der Waals surface area contributed by atoms with Gasteiger partial charge in [0, 0.05) is 32.7 Å². The number of aromatic nitrogens is 2. The van der Waals surface area contributed by atoms with E-state index < -0.39 is 0 Å². The Morgan fingerprint density at radius 3 is 1.81 bits per heavy atom. The van der Waals surface area contributed by atoms with Crippen molar-refractivity contribution in [2.45, 2.75) is 0 Å². The summed E-state index contributed by atoms with van der Waals surface area (Å²) < 4.78 is 6.55. The van der Waals surface area contributed by atoms with Gasteiger partial charge in [-0.25, -0.2) is 4.98 Å². The van der Waals surface area contributed by atoms with Crippen LogP contribution in [0.15, 0.2) is 162 Å². The Labute approximate surface area is 270 Å². The number of hydrogen-bond acceptors (Lipinski definition) is 3. The third kappa shape index (κ3) is 4.00. The second kappa shape index (κ2) is 10.1. The van der Waals surface area contributed by atoms with Crippen LogP contribution in [-0.4, -0.2) is 9.97 Å². The summed E-state index contributed by atoms with van der Waals surface area (Å²) in [4.78, 5) is 10.2. The van der Waals surface area contributed by atoms with Gasteiger partial charge in [0.05, 0.1) is 22.9 Å². The van der Waals surface area contributed by atoms with E-state index in [-0.39, 0.29) is 0 Å². The quantitative estimate of drug-likeness (QED) is 0.190. The van der Waals surface area contributed by atoms with Gasteiger partial charge in [-0.3, -0.25) is 4.98 Å². The van der Waals surface area contributed by atoms with Crippen LogP contribution in [0.25, 0.3) is 98.8 Å². The molecule has 3 heteroatoms. The largest absolute Gasteiger partial charge is 0.455 e. The monoisotopic (exact) mass is 598 g/mol. The highest BCUT2D eigenvalue weighted by molar-refractivity contribution is 6.23. The van der Waals surface area contributed by atoms with Gasteiger partial charge in [0.25, 0.3) is 0 Å². The normalized spacial score (nSPS) is 11.8. The van der Waals surface area contributed by atoms with Crippen molar-refractivity contribution in [3.05, 3.63) is 158 Å². The molecule has 0 N–H and O–H groups in total. The highest BCUT2D eigenvalue weighted by atomic mass is 16.3. The van der Waals surface area contributed by atoms with Crippen LogP contribution < -0.4 is 0 Å². The Balaban J connectivity index is 1.09. The van der Waals surface area contributed by atoms with E-state index in [1.54, 1.807) is 0 Å². The number of rotatable bonds is 3. The van der Waals surface area contributed by atoms with Crippen molar-refractivity contribution in [2.75, 3.05) is 0 Å². The zero-order valence-corrected chi connectivity index (χ0v) is 25.3. The van der Waals surface area contributed by atoms with Crippen LogP contribution in [0.5, 0.6) is 0 Å². The minimum absolute atomic E-state index is 0.857. The van der Waals surface area contributed by atoms with Gasteiger partial charge in [0.2, 0.25) is 0 Å². The molecular weight excluding hydrogens is 572 g/mol. The topological polar surface area (TPSA) is 38.9 Å². The fourth-order valence-electron chi connectivity index (χ4n) is 7.28. The first kappa shape index (κ1) is 26.0. The summed E-state index contributed by atoms with van der Waals surface area (Å²) in [5.74, 6) is 0. The molecular formula is C44H26N2O. The zero-order chi connectivity index (χ0) is 30.9. The highest BCUT2D eigenvalue weighted by Gasteiger charge is 2.16. The molecule has 2 aromatic heterocycles. The third-order valence-electron chi connectivity index (χ3n) is 9.48. The lowest BCUT2D eigenvalue weighted by molar-refractivity contribution is 0.670. The van der Waals surface area contributed by atoms with Gasteiger partial charge < -0.3 is 4.42 Å². The molecule has 0 unspecified atom stereocenters. The summed E-state index contributed by atoms with van der Waals surface area (Å²) in [5, 5.41) is 9.37. The van der Waals surface area contributed by atoms with Crippen LogP contribution in [0.4, 0.5) is 0 Å². The van der Waals surface area contributed by atoms with Gasteiger partial charge in [0.15, 0.2) is 0 Å². The highest BCUT2D eigenvalue weighted by Crippen LogP contribution is 2.40. The molecule has 2 heterocycles. The number of hydrogen-bond donors (Lipinski definition) is 0. The summed E-state index contributed by atoms with van der Waals surface area (Å²) in [6.07, 6.45) is 1.91. The van der Waals surface area contributed by atoms with Crippen molar-refractivity contribution in [1.29, 1.82) is 0 Å². The molecule has 0 saturated heterocycles. The van der Waals surface area contributed by atoms with Crippen molar-refractivity contribution in [3.63, 3.8) is 0 Å². The number of benzene rings is 8. The maximum Gasteiger partial charge on any atom is 0.143 e. The van der Waals surface area contributed by atoms with Crippen LogP contribution in [0.1, 0.15) is 0 Å². The Bertz CT molecular complexity index is 2830. The average molecular weight is 599 g/mol. The minimum atomic E-state index is 0.857. The molecule has 0 aliphatic carbocycles. The first-order valence-electron chi connectivity index (χ1n) is 15.9. The Morgan fingerprint density at radius 1 is 0.426 bits per heavy atom. The lowest BCUT2D eigenvalue weighted by atomic mass is 9.96.